The first-order valence-electron chi connectivity index (χ1n) is 8.30. The minimum atomic E-state index is -0.342. The van der Waals surface area contributed by atoms with Crippen molar-refractivity contribution in [1.82, 2.24) is 20.4 Å². The largest absolute Gasteiger partial charge is 0.445 e. The van der Waals surface area contributed by atoms with Crippen molar-refractivity contribution >= 4 is 6.09 Å². The molecule has 0 atom stereocenters. The molecule has 6 heteroatoms. The van der Waals surface area contributed by atoms with Crippen LogP contribution in [0.4, 0.5) is 4.79 Å². The first-order chi connectivity index (χ1) is 11.6. The van der Waals surface area contributed by atoms with Crippen molar-refractivity contribution in [1.29, 1.82) is 0 Å². The zero-order chi connectivity index (χ0) is 16.9. The van der Waals surface area contributed by atoms with Crippen molar-refractivity contribution in [2.75, 3.05) is 0 Å². The highest BCUT2D eigenvalue weighted by molar-refractivity contribution is 5.67. The van der Waals surface area contributed by atoms with Crippen molar-refractivity contribution in [2.45, 2.75) is 45.0 Å². The number of hydrogen-bond acceptors (Lipinski definition) is 4. The maximum Gasteiger partial charge on any atom is 0.407 e. The van der Waals surface area contributed by atoms with Crippen molar-refractivity contribution < 1.29 is 9.53 Å². The Labute approximate surface area is 142 Å². The summed E-state index contributed by atoms with van der Waals surface area (Å²) in [6, 6.07) is 10.3. The average molecular weight is 328 g/mol. The Bertz CT molecular complexity index is 678. The second-order valence-corrected chi connectivity index (χ2v) is 6.37. The van der Waals surface area contributed by atoms with Gasteiger partial charge >= 0.3 is 6.09 Å². The molecule has 1 aromatic carbocycles. The van der Waals surface area contributed by atoms with E-state index in [1.54, 1.807) is 0 Å². The molecule has 1 amide bonds. The molecule has 6 nitrogen and oxygen atoms in total. The molecule has 3 rings (SSSR count). The van der Waals surface area contributed by atoms with Gasteiger partial charge in [0.15, 0.2) is 0 Å². The number of aryl methyl sites for hydroxylation is 2. The summed E-state index contributed by atoms with van der Waals surface area (Å²) in [5, 5.41) is 10.8. The molecule has 1 aliphatic carbocycles. The number of carbonyl (C=O) groups is 1. The number of nitrogens with one attached hydrogen (secondary N) is 2. The van der Waals surface area contributed by atoms with Crippen LogP contribution in [0.3, 0.4) is 0 Å². The SMILES string of the molecule is Cc1nn(C)cc1CNC1CC(NC(=O)OCc2ccccc2)C1. The van der Waals surface area contributed by atoms with Crippen LogP contribution in [0.15, 0.2) is 36.5 Å². The zero-order valence-corrected chi connectivity index (χ0v) is 14.2. The van der Waals surface area contributed by atoms with Gasteiger partial charge in [0.1, 0.15) is 6.61 Å². The first-order valence-corrected chi connectivity index (χ1v) is 8.30. The van der Waals surface area contributed by atoms with Crippen LogP contribution in [-0.4, -0.2) is 28.0 Å². The van der Waals surface area contributed by atoms with Gasteiger partial charge in [0, 0.05) is 37.4 Å². The molecule has 1 aromatic heterocycles. The molecule has 0 aliphatic heterocycles. The molecule has 128 valence electrons. The fraction of sp³-hybridized carbons (Fsp3) is 0.444. The Balaban J connectivity index is 1.32. The second kappa shape index (κ2) is 7.49. The van der Waals surface area contributed by atoms with Gasteiger partial charge in [0.05, 0.1) is 5.69 Å². The Morgan fingerprint density at radius 2 is 2.04 bits per heavy atom. The van der Waals surface area contributed by atoms with E-state index in [2.05, 4.69) is 15.7 Å². The quantitative estimate of drug-likeness (QED) is 0.854. The summed E-state index contributed by atoms with van der Waals surface area (Å²) >= 11 is 0. The van der Waals surface area contributed by atoms with Crippen molar-refractivity contribution in [3.63, 3.8) is 0 Å². The van der Waals surface area contributed by atoms with Gasteiger partial charge in [-0.05, 0) is 25.3 Å². The number of hydrogen-bond donors (Lipinski definition) is 2. The highest BCUT2D eigenvalue weighted by Crippen LogP contribution is 2.21. The summed E-state index contributed by atoms with van der Waals surface area (Å²) in [4.78, 5) is 11.8. The van der Waals surface area contributed by atoms with E-state index in [4.69, 9.17) is 4.74 Å². The molecule has 1 aliphatic rings. The fourth-order valence-electron chi connectivity index (χ4n) is 2.91. The smallest absolute Gasteiger partial charge is 0.407 e. The van der Waals surface area contributed by atoms with E-state index in [-0.39, 0.29) is 12.1 Å². The molecule has 0 saturated heterocycles. The van der Waals surface area contributed by atoms with Crippen LogP contribution in [0.25, 0.3) is 0 Å². The van der Waals surface area contributed by atoms with Gasteiger partial charge in [-0.25, -0.2) is 4.79 Å². The highest BCUT2D eigenvalue weighted by Gasteiger charge is 2.30. The number of alkyl carbamates (subject to hydrolysis) is 1. The lowest BCUT2D eigenvalue weighted by atomic mass is 9.87. The molecule has 0 bridgehead atoms. The third kappa shape index (κ3) is 4.35. The van der Waals surface area contributed by atoms with E-state index < -0.39 is 0 Å². The number of rotatable bonds is 6. The average Bonchev–Trinajstić information content (AvgIpc) is 2.86. The van der Waals surface area contributed by atoms with E-state index in [0.29, 0.717) is 12.6 Å². The summed E-state index contributed by atoms with van der Waals surface area (Å²) in [7, 11) is 1.93. The predicted molar refractivity (Wildman–Crippen MR) is 91.4 cm³/mol. The minimum absolute atomic E-state index is 0.195. The van der Waals surface area contributed by atoms with Crippen LogP contribution in [0.1, 0.15) is 29.7 Å². The van der Waals surface area contributed by atoms with Crippen LogP contribution >= 0.6 is 0 Å². The Hall–Kier alpha value is -2.34. The standard InChI is InChI=1S/C18H24N4O2/c1-13-15(11-22(2)21-13)10-19-16-8-17(9-16)20-18(23)24-12-14-6-4-3-5-7-14/h3-7,11,16-17,19H,8-10,12H2,1-2H3,(H,20,23). The summed E-state index contributed by atoms with van der Waals surface area (Å²) in [6.45, 7) is 3.14. The van der Waals surface area contributed by atoms with E-state index in [1.165, 1.54) is 5.56 Å². The van der Waals surface area contributed by atoms with Gasteiger partial charge in [-0.15, -0.1) is 0 Å². The predicted octanol–water partition coefficient (Wildman–Crippen LogP) is 2.28. The maximum absolute atomic E-state index is 11.8. The molecule has 2 N–H and O–H groups in total. The molecule has 0 unspecified atom stereocenters. The van der Waals surface area contributed by atoms with Crippen LogP contribution in [0.5, 0.6) is 0 Å². The third-order valence-corrected chi connectivity index (χ3v) is 4.37. The highest BCUT2D eigenvalue weighted by atomic mass is 16.5. The van der Waals surface area contributed by atoms with Crippen molar-refractivity contribution in [3.8, 4) is 0 Å². The van der Waals surface area contributed by atoms with Gasteiger partial charge in [-0.3, -0.25) is 4.68 Å². The third-order valence-electron chi connectivity index (χ3n) is 4.37. The second-order valence-electron chi connectivity index (χ2n) is 6.37. The molecule has 0 spiro atoms. The number of amides is 1. The monoisotopic (exact) mass is 328 g/mol. The lowest BCUT2D eigenvalue weighted by Crippen LogP contribution is -2.52. The van der Waals surface area contributed by atoms with Gasteiger partial charge in [-0.1, -0.05) is 30.3 Å². The molecule has 0 radical (unpaired) electrons. The number of nitrogens with zero attached hydrogens (tertiary/aromatic N) is 2. The van der Waals surface area contributed by atoms with Crippen LogP contribution in [0, 0.1) is 6.92 Å². The molecule has 1 saturated carbocycles. The van der Waals surface area contributed by atoms with E-state index >= 15 is 0 Å². The molecular weight excluding hydrogens is 304 g/mol. The van der Waals surface area contributed by atoms with Crippen LogP contribution in [0.2, 0.25) is 0 Å². The summed E-state index contributed by atoms with van der Waals surface area (Å²) in [6.07, 6.45) is 3.56. The van der Waals surface area contributed by atoms with Crippen LogP contribution < -0.4 is 10.6 Å². The molecule has 2 aromatic rings. The summed E-state index contributed by atoms with van der Waals surface area (Å²) in [5.74, 6) is 0. The zero-order valence-electron chi connectivity index (χ0n) is 14.2. The Morgan fingerprint density at radius 1 is 1.29 bits per heavy atom. The molecule has 1 heterocycles. The number of ether oxygens (including phenoxy) is 1. The van der Waals surface area contributed by atoms with Gasteiger partial charge in [-0.2, -0.15) is 5.10 Å². The first kappa shape index (κ1) is 16.5. The molecular formula is C18H24N4O2. The van der Waals surface area contributed by atoms with Gasteiger partial charge < -0.3 is 15.4 Å². The van der Waals surface area contributed by atoms with E-state index in [1.807, 2.05) is 55.2 Å². The number of benzene rings is 1. The minimum Gasteiger partial charge on any atom is -0.445 e. The fourth-order valence-corrected chi connectivity index (χ4v) is 2.91. The lowest BCUT2D eigenvalue weighted by molar-refractivity contribution is 0.125. The van der Waals surface area contributed by atoms with Gasteiger partial charge in [0.25, 0.3) is 0 Å². The number of carbonyl (C=O) groups excluding carboxylic acids is 1. The van der Waals surface area contributed by atoms with Crippen LogP contribution in [-0.2, 0) is 24.9 Å². The van der Waals surface area contributed by atoms with E-state index in [9.17, 15) is 4.79 Å². The summed E-state index contributed by atoms with van der Waals surface area (Å²) in [5.41, 5.74) is 3.27. The Kier molecular flexibility index (Phi) is 5.15. The number of aromatic nitrogens is 2. The lowest BCUT2D eigenvalue weighted by Gasteiger charge is -2.36. The topological polar surface area (TPSA) is 68.2 Å². The van der Waals surface area contributed by atoms with Gasteiger partial charge in [0.2, 0.25) is 0 Å². The van der Waals surface area contributed by atoms with Crippen molar-refractivity contribution in [2.24, 2.45) is 7.05 Å². The van der Waals surface area contributed by atoms with Crippen molar-refractivity contribution in [3.05, 3.63) is 53.3 Å². The summed E-state index contributed by atoms with van der Waals surface area (Å²) < 4.78 is 7.07. The Morgan fingerprint density at radius 3 is 2.71 bits per heavy atom. The maximum atomic E-state index is 11.8. The molecule has 1 fully saturated rings. The van der Waals surface area contributed by atoms with E-state index in [0.717, 1.165) is 30.6 Å². The normalized spacial score (nSPS) is 19.6. The molecule has 24 heavy (non-hydrogen) atoms.